The van der Waals surface area contributed by atoms with Crippen molar-refractivity contribution in [3.8, 4) is 11.6 Å². The summed E-state index contributed by atoms with van der Waals surface area (Å²) >= 11 is 0. The lowest BCUT2D eigenvalue weighted by atomic mass is 10.2. The molecule has 94 valence electrons. The first-order valence-corrected chi connectivity index (χ1v) is 5.68. The van der Waals surface area contributed by atoms with Crippen molar-refractivity contribution in [3.63, 3.8) is 0 Å². The molecule has 1 heterocycles. The first kappa shape index (κ1) is 12.5. The normalized spacial score (nSPS) is 10.4. The van der Waals surface area contributed by atoms with Gasteiger partial charge in [0.25, 0.3) is 0 Å². The summed E-state index contributed by atoms with van der Waals surface area (Å²) in [5, 5.41) is 18.3. The van der Waals surface area contributed by atoms with Gasteiger partial charge in [-0.3, -0.25) is 0 Å². The van der Waals surface area contributed by atoms with Crippen molar-refractivity contribution in [2.75, 3.05) is 0 Å². The Morgan fingerprint density at radius 3 is 2.39 bits per heavy atom. The number of hydrogen-bond acceptors (Lipinski definition) is 4. The van der Waals surface area contributed by atoms with Crippen LogP contribution in [0.3, 0.4) is 0 Å². The van der Waals surface area contributed by atoms with Gasteiger partial charge in [0.2, 0.25) is 5.88 Å². The molecule has 2 N–H and O–H groups in total. The van der Waals surface area contributed by atoms with Gasteiger partial charge in [-0.2, -0.15) is 0 Å². The first-order chi connectivity index (χ1) is 8.74. The summed E-state index contributed by atoms with van der Waals surface area (Å²) in [6, 6.07) is 10.7. The van der Waals surface area contributed by atoms with E-state index in [0.717, 1.165) is 11.3 Å². The summed E-state index contributed by atoms with van der Waals surface area (Å²) in [7, 11) is 0. The topological polar surface area (TPSA) is 62.6 Å². The van der Waals surface area contributed by atoms with Gasteiger partial charge >= 0.3 is 0 Å². The van der Waals surface area contributed by atoms with Crippen molar-refractivity contribution in [1.29, 1.82) is 0 Å². The second-order valence-corrected chi connectivity index (χ2v) is 3.92. The minimum Gasteiger partial charge on any atom is -0.439 e. The van der Waals surface area contributed by atoms with E-state index in [1.807, 2.05) is 19.1 Å². The van der Waals surface area contributed by atoms with Gasteiger partial charge in [-0.15, -0.1) is 0 Å². The van der Waals surface area contributed by atoms with Gasteiger partial charge in [-0.05, 0) is 24.6 Å². The molecule has 0 fully saturated rings. The van der Waals surface area contributed by atoms with Crippen LogP contribution in [0.4, 0.5) is 0 Å². The summed E-state index contributed by atoms with van der Waals surface area (Å²) < 4.78 is 5.63. The van der Waals surface area contributed by atoms with Crippen LogP contribution in [-0.2, 0) is 13.2 Å². The molecule has 0 saturated heterocycles. The fourth-order valence-electron chi connectivity index (χ4n) is 1.64. The number of aryl methyl sites for hydroxylation is 1. The molecular formula is C14H15NO3. The molecule has 4 nitrogen and oxygen atoms in total. The Morgan fingerprint density at radius 1 is 1.00 bits per heavy atom. The number of nitrogens with zero attached hydrogens (tertiary/aromatic N) is 1. The zero-order valence-corrected chi connectivity index (χ0v) is 10.1. The molecule has 1 aromatic carbocycles. The van der Waals surface area contributed by atoms with E-state index in [9.17, 15) is 5.11 Å². The average Bonchev–Trinajstić information content (AvgIpc) is 2.39. The predicted octanol–water partition coefficient (Wildman–Crippen LogP) is 2.17. The lowest BCUT2D eigenvalue weighted by molar-refractivity contribution is 0.275. The maximum atomic E-state index is 9.20. The molecule has 2 rings (SSSR count). The highest BCUT2D eigenvalue weighted by Crippen LogP contribution is 2.24. The number of pyridine rings is 1. The molecule has 0 radical (unpaired) electrons. The number of aromatic nitrogens is 1. The molecule has 1 aromatic heterocycles. The number of ether oxygens (including phenoxy) is 1. The van der Waals surface area contributed by atoms with E-state index in [4.69, 9.17) is 9.84 Å². The molecule has 2 aromatic rings. The number of aliphatic hydroxyl groups excluding tert-OH is 2. The highest BCUT2D eigenvalue weighted by atomic mass is 16.5. The fraction of sp³-hybridized carbons (Fsp3) is 0.214. The summed E-state index contributed by atoms with van der Waals surface area (Å²) in [5.41, 5.74) is 2.22. The minimum absolute atomic E-state index is 0.0354. The van der Waals surface area contributed by atoms with Crippen LogP contribution in [0.2, 0.25) is 0 Å². The first-order valence-electron chi connectivity index (χ1n) is 5.68. The molecule has 0 bridgehead atoms. The van der Waals surface area contributed by atoms with Crippen molar-refractivity contribution < 1.29 is 14.9 Å². The van der Waals surface area contributed by atoms with Crippen LogP contribution in [0.25, 0.3) is 0 Å². The van der Waals surface area contributed by atoms with Gasteiger partial charge in [0.1, 0.15) is 5.75 Å². The maximum Gasteiger partial charge on any atom is 0.219 e. The van der Waals surface area contributed by atoms with E-state index in [0.29, 0.717) is 17.2 Å². The van der Waals surface area contributed by atoms with Gasteiger partial charge in [-0.25, -0.2) is 4.98 Å². The van der Waals surface area contributed by atoms with Crippen molar-refractivity contribution in [1.82, 2.24) is 4.98 Å². The molecule has 0 atom stereocenters. The lowest BCUT2D eigenvalue weighted by Crippen LogP contribution is -1.97. The monoisotopic (exact) mass is 245 g/mol. The van der Waals surface area contributed by atoms with Crippen LogP contribution in [0, 0.1) is 6.92 Å². The number of benzene rings is 1. The Bertz CT molecular complexity index is 540. The number of aliphatic hydroxyl groups is 2. The number of rotatable bonds is 4. The van der Waals surface area contributed by atoms with Crippen LogP contribution in [0.15, 0.2) is 36.4 Å². The SMILES string of the molecule is Cc1nc(Oc2ccccc2CO)ccc1CO. The second kappa shape index (κ2) is 5.62. The zero-order valence-electron chi connectivity index (χ0n) is 10.1. The smallest absolute Gasteiger partial charge is 0.219 e. The molecular weight excluding hydrogens is 230 g/mol. The van der Waals surface area contributed by atoms with Crippen LogP contribution in [-0.4, -0.2) is 15.2 Å². The minimum atomic E-state index is -0.0795. The van der Waals surface area contributed by atoms with E-state index in [-0.39, 0.29) is 13.2 Å². The van der Waals surface area contributed by atoms with Crippen molar-refractivity contribution in [2.24, 2.45) is 0 Å². The highest BCUT2D eigenvalue weighted by molar-refractivity contribution is 5.36. The third kappa shape index (κ3) is 2.67. The van der Waals surface area contributed by atoms with Crippen LogP contribution in [0.1, 0.15) is 16.8 Å². The fourth-order valence-corrected chi connectivity index (χ4v) is 1.64. The van der Waals surface area contributed by atoms with Crippen LogP contribution in [0.5, 0.6) is 11.6 Å². The quantitative estimate of drug-likeness (QED) is 0.866. The Labute approximate surface area is 106 Å². The van der Waals surface area contributed by atoms with E-state index >= 15 is 0 Å². The maximum absolute atomic E-state index is 9.20. The van der Waals surface area contributed by atoms with Gasteiger partial charge in [0.05, 0.1) is 13.2 Å². The average molecular weight is 245 g/mol. The van der Waals surface area contributed by atoms with Gasteiger partial charge < -0.3 is 14.9 Å². The Morgan fingerprint density at radius 2 is 1.72 bits per heavy atom. The zero-order chi connectivity index (χ0) is 13.0. The largest absolute Gasteiger partial charge is 0.439 e. The highest BCUT2D eigenvalue weighted by Gasteiger charge is 2.06. The third-order valence-corrected chi connectivity index (χ3v) is 2.70. The molecule has 0 aliphatic carbocycles. The van der Waals surface area contributed by atoms with Crippen molar-refractivity contribution in [3.05, 3.63) is 53.2 Å². The second-order valence-electron chi connectivity index (χ2n) is 3.92. The van der Waals surface area contributed by atoms with E-state index in [1.165, 1.54) is 0 Å². The van der Waals surface area contributed by atoms with Crippen LogP contribution >= 0.6 is 0 Å². The predicted molar refractivity (Wildman–Crippen MR) is 67.3 cm³/mol. The summed E-state index contributed by atoms with van der Waals surface area (Å²) in [5.74, 6) is 1.04. The van der Waals surface area contributed by atoms with Crippen molar-refractivity contribution >= 4 is 0 Å². The van der Waals surface area contributed by atoms with Gasteiger partial charge in [0.15, 0.2) is 0 Å². The third-order valence-electron chi connectivity index (χ3n) is 2.70. The molecule has 0 amide bonds. The summed E-state index contributed by atoms with van der Waals surface area (Å²) in [6.45, 7) is 1.70. The molecule has 0 saturated carbocycles. The summed E-state index contributed by atoms with van der Waals surface area (Å²) in [6.07, 6.45) is 0. The number of hydrogen-bond donors (Lipinski definition) is 2. The Balaban J connectivity index is 2.26. The number of para-hydroxylation sites is 1. The molecule has 4 heteroatoms. The summed E-state index contributed by atoms with van der Waals surface area (Å²) in [4.78, 5) is 4.25. The Kier molecular flexibility index (Phi) is 3.92. The van der Waals surface area contributed by atoms with Crippen molar-refractivity contribution in [2.45, 2.75) is 20.1 Å². The molecule has 0 aliphatic rings. The van der Waals surface area contributed by atoms with E-state index < -0.39 is 0 Å². The van der Waals surface area contributed by atoms with Gasteiger partial charge in [0, 0.05) is 17.3 Å². The Hall–Kier alpha value is -1.91. The lowest BCUT2D eigenvalue weighted by Gasteiger charge is -2.10. The van der Waals surface area contributed by atoms with Crippen LogP contribution < -0.4 is 4.74 Å². The molecule has 0 unspecified atom stereocenters. The van der Waals surface area contributed by atoms with E-state index in [1.54, 1.807) is 24.3 Å². The van der Waals surface area contributed by atoms with Gasteiger partial charge in [-0.1, -0.05) is 18.2 Å². The molecule has 0 aliphatic heterocycles. The molecule has 18 heavy (non-hydrogen) atoms. The molecule has 0 spiro atoms. The standard InChI is InChI=1S/C14H15NO3/c1-10-11(8-16)6-7-14(15-10)18-13-5-3-2-4-12(13)9-17/h2-7,16-17H,8-9H2,1H3. The van der Waals surface area contributed by atoms with E-state index in [2.05, 4.69) is 4.98 Å².